The lowest BCUT2D eigenvalue weighted by Gasteiger charge is -2.19. The van der Waals surface area contributed by atoms with Crippen LogP contribution in [-0.2, 0) is 0 Å². The number of alkyl halides is 2. The minimum Gasteiger partial charge on any atom is -0.113 e. The Morgan fingerprint density at radius 2 is 1.04 bits per heavy atom. The zero-order valence-electron chi connectivity index (χ0n) is 16.4. The standard InChI is InChI=1S/C25H26Cl2/c1-14(2)22-16-9-5-7-11-18(16)24(26)20(22)13-21-23(15(3)4)17-10-6-8-12-19(17)25(21)27/h5-12,14-15,24-25H,13H2,1-4H3. The molecule has 0 radical (unpaired) electrons. The third-order valence-corrected chi connectivity index (χ3v) is 6.88. The fourth-order valence-corrected chi connectivity index (χ4v) is 5.63. The van der Waals surface area contributed by atoms with E-state index in [1.807, 2.05) is 0 Å². The fraction of sp³-hybridized carbons (Fsp3) is 0.360. The van der Waals surface area contributed by atoms with E-state index >= 15 is 0 Å². The van der Waals surface area contributed by atoms with Gasteiger partial charge in [-0.15, -0.1) is 23.2 Å². The Labute approximate surface area is 172 Å². The van der Waals surface area contributed by atoms with Crippen molar-refractivity contribution in [2.24, 2.45) is 11.8 Å². The molecule has 0 fully saturated rings. The number of rotatable bonds is 4. The van der Waals surface area contributed by atoms with Crippen molar-refractivity contribution in [2.75, 3.05) is 0 Å². The average Bonchev–Trinajstić information content (AvgIpc) is 3.09. The number of fused-ring (bicyclic) bond motifs is 2. The fourth-order valence-electron chi connectivity index (χ4n) is 4.86. The van der Waals surface area contributed by atoms with E-state index in [4.69, 9.17) is 23.2 Å². The van der Waals surface area contributed by atoms with Gasteiger partial charge in [0.2, 0.25) is 0 Å². The number of hydrogen-bond donors (Lipinski definition) is 0. The maximum absolute atomic E-state index is 6.99. The zero-order chi connectivity index (χ0) is 19.3. The SMILES string of the molecule is CC(C)C1=C(CC2=C(C(C)C)c3ccccc3C2Cl)C(Cl)c2ccccc21. The van der Waals surface area contributed by atoms with Gasteiger partial charge in [0.1, 0.15) is 0 Å². The van der Waals surface area contributed by atoms with Crippen molar-refractivity contribution in [2.45, 2.75) is 44.9 Å². The van der Waals surface area contributed by atoms with Crippen molar-refractivity contribution in [3.05, 3.63) is 81.9 Å². The summed E-state index contributed by atoms with van der Waals surface area (Å²) in [6, 6.07) is 17.2. The van der Waals surface area contributed by atoms with E-state index in [-0.39, 0.29) is 10.8 Å². The molecule has 2 aliphatic rings. The van der Waals surface area contributed by atoms with Gasteiger partial charge in [-0.05, 0) is 62.8 Å². The molecule has 0 nitrogen and oxygen atoms in total. The largest absolute Gasteiger partial charge is 0.113 e. The first kappa shape index (κ1) is 18.8. The Morgan fingerprint density at radius 3 is 1.41 bits per heavy atom. The van der Waals surface area contributed by atoms with Crippen LogP contribution in [0.15, 0.2) is 59.7 Å². The van der Waals surface area contributed by atoms with Gasteiger partial charge in [0.15, 0.2) is 0 Å². The maximum atomic E-state index is 6.99. The topological polar surface area (TPSA) is 0 Å². The van der Waals surface area contributed by atoms with Crippen molar-refractivity contribution < 1.29 is 0 Å². The van der Waals surface area contributed by atoms with Crippen molar-refractivity contribution in [3.63, 3.8) is 0 Å². The second-order valence-electron chi connectivity index (χ2n) is 8.26. The number of allylic oxidation sites excluding steroid dienone is 4. The Kier molecular flexibility index (Phi) is 4.99. The molecule has 0 spiro atoms. The van der Waals surface area contributed by atoms with E-state index in [0.717, 1.165) is 6.42 Å². The van der Waals surface area contributed by atoms with Crippen LogP contribution >= 0.6 is 23.2 Å². The van der Waals surface area contributed by atoms with Gasteiger partial charge in [-0.3, -0.25) is 0 Å². The molecule has 0 saturated carbocycles. The van der Waals surface area contributed by atoms with Crippen LogP contribution < -0.4 is 0 Å². The van der Waals surface area contributed by atoms with E-state index in [1.54, 1.807) is 0 Å². The molecule has 0 aromatic heterocycles. The van der Waals surface area contributed by atoms with Gasteiger partial charge in [0, 0.05) is 0 Å². The molecule has 2 aliphatic carbocycles. The van der Waals surface area contributed by atoms with Crippen molar-refractivity contribution in [1.29, 1.82) is 0 Å². The van der Waals surface area contributed by atoms with Gasteiger partial charge >= 0.3 is 0 Å². The van der Waals surface area contributed by atoms with E-state index in [2.05, 4.69) is 76.2 Å². The number of hydrogen-bond acceptors (Lipinski definition) is 0. The predicted molar refractivity (Wildman–Crippen MR) is 118 cm³/mol. The summed E-state index contributed by atoms with van der Waals surface area (Å²) in [6.45, 7) is 9.06. The molecule has 2 unspecified atom stereocenters. The molecule has 27 heavy (non-hydrogen) atoms. The molecule has 2 aromatic carbocycles. The highest BCUT2D eigenvalue weighted by molar-refractivity contribution is 6.26. The monoisotopic (exact) mass is 396 g/mol. The summed E-state index contributed by atoms with van der Waals surface area (Å²) in [4.78, 5) is 0. The summed E-state index contributed by atoms with van der Waals surface area (Å²) in [5.74, 6) is 0.871. The molecule has 2 heteroatoms. The average molecular weight is 397 g/mol. The lowest BCUT2D eigenvalue weighted by molar-refractivity contribution is 0.829. The summed E-state index contributed by atoms with van der Waals surface area (Å²) in [7, 11) is 0. The molecule has 0 saturated heterocycles. The van der Waals surface area contributed by atoms with Crippen LogP contribution in [0.1, 0.15) is 67.1 Å². The Bertz CT molecular complexity index is 869. The molecule has 0 heterocycles. The summed E-state index contributed by atoms with van der Waals surface area (Å²) < 4.78 is 0. The summed E-state index contributed by atoms with van der Waals surface area (Å²) >= 11 is 14.0. The van der Waals surface area contributed by atoms with Crippen molar-refractivity contribution in [1.82, 2.24) is 0 Å². The molecule has 0 N–H and O–H groups in total. The third kappa shape index (κ3) is 2.98. The normalized spacial score (nSPS) is 21.5. The first-order chi connectivity index (χ1) is 12.9. The number of benzene rings is 2. The molecule has 0 aliphatic heterocycles. The van der Waals surface area contributed by atoms with Crippen LogP contribution in [0.4, 0.5) is 0 Å². The first-order valence-electron chi connectivity index (χ1n) is 9.84. The van der Waals surface area contributed by atoms with Gasteiger partial charge in [0.05, 0.1) is 10.8 Å². The van der Waals surface area contributed by atoms with Crippen LogP contribution in [0.25, 0.3) is 11.1 Å². The minimum atomic E-state index is -0.0629. The highest BCUT2D eigenvalue weighted by Crippen LogP contribution is 2.54. The summed E-state index contributed by atoms with van der Waals surface area (Å²) in [5, 5.41) is -0.126. The summed E-state index contributed by atoms with van der Waals surface area (Å²) in [5.41, 5.74) is 10.6. The maximum Gasteiger partial charge on any atom is 0.0810 e. The molecule has 0 bridgehead atoms. The van der Waals surface area contributed by atoms with E-state index in [9.17, 15) is 0 Å². The molecule has 2 atom stereocenters. The molecule has 140 valence electrons. The Morgan fingerprint density at radius 1 is 0.667 bits per heavy atom. The second kappa shape index (κ2) is 7.15. The zero-order valence-corrected chi connectivity index (χ0v) is 17.9. The third-order valence-electron chi connectivity index (χ3n) is 5.89. The van der Waals surface area contributed by atoms with Crippen molar-refractivity contribution in [3.8, 4) is 0 Å². The van der Waals surface area contributed by atoms with E-state index < -0.39 is 0 Å². The highest BCUT2D eigenvalue weighted by atomic mass is 35.5. The minimum absolute atomic E-state index is 0.0629. The Balaban J connectivity index is 1.84. The van der Waals surface area contributed by atoms with Gasteiger partial charge < -0.3 is 0 Å². The van der Waals surface area contributed by atoms with E-state index in [1.165, 1.54) is 44.5 Å². The highest BCUT2D eigenvalue weighted by Gasteiger charge is 2.36. The van der Waals surface area contributed by atoms with Crippen LogP contribution in [0.3, 0.4) is 0 Å². The number of halogens is 2. The van der Waals surface area contributed by atoms with Crippen molar-refractivity contribution >= 4 is 34.3 Å². The van der Waals surface area contributed by atoms with Crippen LogP contribution in [-0.4, -0.2) is 0 Å². The lowest BCUT2D eigenvalue weighted by Crippen LogP contribution is -2.01. The van der Waals surface area contributed by atoms with Gasteiger partial charge in [-0.1, -0.05) is 76.2 Å². The van der Waals surface area contributed by atoms with Gasteiger partial charge in [0.25, 0.3) is 0 Å². The molecular formula is C25H26Cl2. The smallest absolute Gasteiger partial charge is 0.0810 e. The molecular weight excluding hydrogens is 371 g/mol. The molecule has 4 rings (SSSR count). The van der Waals surface area contributed by atoms with Crippen LogP contribution in [0.2, 0.25) is 0 Å². The molecule has 2 aromatic rings. The lowest BCUT2D eigenvalue weighted by atomic mass is 9.89. The summed E-state index contributed by atoms with van der Waals surface area (Å²) in [6.07, 6.45) is 0.854. The van der Waals surface area contributed by atoms with Gasteiger partial charge in [-0.25, -0.2) is 0 Å². The van der Waals surface area contributed by atoms with Crippen LogP contribution in [0, 0.1) is 11.8 Å². The molecule has 0 amide bonds. The quantitative estimate of drug-likeness (QED) is 0.456. The van der Waals surface area contributed by atoms with E-state index in [0.29, 0.717) is 11.8 Å². The Hall–Kier alpha value is -1.50. The predicted octanol–water partition coefficient (Wildman–Crippen LogP) is 8.18. The van der Waals surface area contributed by atoms with Crippen LogP contribution in [0.5, 0.6) is 0 Å². The second-order valence-corrected chi connectivity index (χ2v) is 9.14. The first-order valence-corrected chi connectivity index (χ1v) is 10.7. The van der Waals surface area contributed by atoms with Gasteiger partial charge in [-0.2, -0.15) is 0 Å².